The number of rotatable bonds is 6. The molecule has 0 aliphatic carbocycles. The van der Waals surface area contributed by atoms with E-state index in [1.807, 2.05) is 11.5 Å². The highest BCUT2D eigenvalue weighted by atomic mass is 19.1. The molecule has 0 atom stereocenters. The predicted octanol–water partition coefficient (Wildman–Crippen LogP) is 1.71. The number of ether oxygens (including phenoxy) is 1. The summed E-state index contributed by atoms with van der Waals surface area (Å²) in [5, 5.41) is 0. The van der Waals surface area contributed by atoms with Gasteiger partial charge in [0.2, 0.25) is 0 Å². The third-order valence-corrected chi connectivity index (χ3v) is 2.84. The van der Waals surface area contributed by atoms with E-state index >= 15 is 0 Å². The van der Waals surface area contributed by atoms with Crippen LogP contribution in [0.15, 0.2) is 18.2 Å². The summed E-state index contributed by atoms with van der Waals surface area (Å²) >= 11 is 0. The molecule has 0 unspecified atom stereocenters. The topological polar surface area (TPSA) is 53.1 Å². The van der Waals surface area contributed by atoms with Crippen molar-refractivity contribution in [2.24, 2.45) is 5.73 Å². The van der Waals surface area contributed by atoms with Crippen molar-refractivity contribution in [3.63, 3.8) is 0 Å². The highest BCUT2D eigenvalue weighted by molar-refractivity contribution is 5.76. The van der Waals surface area contributed by atoms with E-state index in [1.165, 1.54) is 12.1 Å². The minimum Gasteiger partial charge on any atom is -0.380 e. The minimum atomic E-state index is -0.233. The van der Waals surface area contributed by atoms with Crippen LogP contribution in [0.25, 0.3) is 11.0 Å². The van der Waals surface area contributed by atoms with E-state index in [9.17, 15) is 4.39 Å². The number of hydrogen-bond donors (Lipinski definition) is 1. The van der Waals surface area contributed by atoms with Crippen LogP contribution in [-0.4, -0.2) is 29.3 Å². The zero-order chi connectivity index (χ0) is 13.0. The molecule has 1 heterocycles. The average molecular weight is 251 g/mol. The van der Waals surface area contributed by atoms with Gasteiger partial charge in [-0.3, -0.25) is 0 Å². The van der Waals surface area contributed by atoms with E-state index in [0.29, 0.717) is 26.2 Å². The Bertz CT molecular complexity index is 524. The van der Waals surface area contributed by atoms with Gasteiger partial charge in [0, 0.05) is 19.5 Å². The highest BCUT2D eigenvalue weighted by Gasteiger charge is 2.09. The molecule has 4 nitrogen and oxygen atoms in total. The number of nitrogens with zero attached hydrogens (tertiary/aromatic N) is 2. The van der Waals surface area contributed by atoms with Crippen LogP contribution in [0.5, 0.6) is 0 Å². The quantitative estimate of drug-likeness (QED) is 0.795. The van der Waals surface area contributed by atoms with Gasteiger partial charge in [-0.05, 0) is 25.1 Å². The van der Waals surface area contributed by atoms with Crippen LogP contribution < -0.4 is 5.73 Å². The first-order valence-corrected chi connectivity index (χ1v) is 6.18. The lowest BCUT2D eigenvalue weighted by molar-refractivity contribution is 0.143. The first-order chi connectivity index (χ1) is 8.76. The van der Waals surface area contributed by atoms with E-state index in [1.54, 1.807) is 6.07 Å². The number of fused-ring (bicyclic) bond motifs is 1. The standard InChI is InChI=1S/C13H18FN3O/c1-2-17-12-9-10(14)3-4-11(12)16-13(17)5-7-18-8-6-15/h3-4,9H,2,5-8,15H2,1H3. The third kappa shape index (κ3) is 2.68. The number of hydrogen-bond acceptors (Lipinski definition) is 3. The SMILES string of the molecule is CCn1c(CCOCCN)nc2ccc(F)cc21. The van der Waals surface area contributed by atoms with Crippen molar-refractivity contribution >= 4 is 11.0 Å². The second-order valence-corrected chi connectivity index (χ2v) is 4.06. The molecule has 2 N–H and O–H groups in total. The molecule has 0 saturated carbocycles. The largest absolute Gasteiger partial charge is 0.380 e. The summed E-state index contributed by atoms with van der Waals surface area (Å²) in [4.78, 5) is 4.51. The highest BCUT2D eigenvalue weighted by Crippen LogP contribution is 2.18. The Balaban J connectivity index is 2.21. The zero-order valence-corrected chi connectivity index (χ0v) is 10.5. The molecule has 0 fully saturated rings. The van der Waals surface area contributed by atoms with E-state index in [4.69, 9.17) is 10.5 Å². The maximum atomic E-state index is 13.2. The molecule has 0 saturated heterocycles. The Labute approximate surface area is 106 Å². The molecule has 98 valence electrons. The van der Waals surface area contributed by atoms with Crippen LogP contribution >= 0.6 is 0 Å². The molecule has 1 aromatic heterocycles. The fraction of sp³-hybridized carbons (Fsp3) is 0.462. The smallest absolute Gasteiger partial charge is 0.125 e. The molecule has 0 spiro atoms. The van der Waals surface area contributed by atoms with Crippen molar-refractivity contribution in [3.8, 4) is 0 Å². The fourth-order valence-electron chi connectivity index (χ4n) is 2.04. The Morgan fingerprint density at radius 3 is 2.94 bits per heavy atom. The monoisotopic (exact) mass is 251 g/mol. The molecule has 2 aromatic rings. The number of aryl methyl sites for hydroxylation is 1. The van der Waals surface area contributed by atoms with E-state index in [2.05, 4.69) is 4.98 Å². The second-order valence-electron chi connectivity index (χ2n) is 4.06. The van der Waals surface area contributed by atoms with Crippen LogP contribution in [0.2, 0.25) is 0 Å². The summed E-state index contributed by atoms with van der Waals surface area (Å²) in [7, 11) is 0. The maximum Gasteiger partial charge on any atom is 0.125 e. The minimum absolute atomic E-state index is 0.233. The molecule has 0 aliphatic rings. The van der Waals surface area contributed by atoms with Crippen molar-refractivity contribution in [2.45, 2.75) is 19.9 Å². The molecule has 0 bridgehead atoms. The lowest BCUT2D eigenvalue weighted by atomic mass is 10.3. The molecule has 5 heteroatoms. The lowest BCUT2D eigenvalue weighted by Gasteiger charge is -2.06. The number of nitrogens with two attached hydrogens (primary N) is 1. The molecule has 2 rings (SSSR count). The van der Waals surface area contributed by atoms with Crippen molar-refractivity contribution < 1.29 is 9.13 Å². The summed E-state index contributed by atoms with van der Waals surface area (Å²) in [6.07, 6.45) is 0.712. The summed E-state index contributed by atoms with van der Waals surface area (Å²) in [6.45, 7) is 4.46. The van der Waals surface area contributed by atoms with Crippen molar-refractivity contribution in [2.75, 3.05) is 19.8 Å². The van der Waals surface area contributed by atoms with Gasteiger partial charge in [-0.2, -0.15) is 0 Å². The van der Waals surface area contributed by atoms with Crippen LogP contribution in [0, 0.1) is 5.82 Å². The van der Waals surface area contributed by atoms with Crippen molar-refractivity contribution in [1.82, 2.24) is 9.55 Å². The van der Waals surface area contributed by atoms with Gasteiger partial charge in [0.1, 0.15) is 11.6 Å². The molecule has 18 heavy (non-hydrogen) atoms. The number of halogens is 1. The van der Waals surface area contributed by atoms with E-state index in [-0.39, 0.29) is 5.82 Å². The van der Waals surface area contributed by atoms with Gasteiger partial charge in [0.25, 0.3) is 0 Å². The summed E-state index contributed by atoms with van der Waals surface area (Å²) in [5.41, 5.74) is 7.02. The average Bonchev–Trinajstić information content (AvgIpc) is 2.71. The van der Waals surface area contributed by atoms with E-state index in [0.717, 1.165) is 23.4 Å². The summed E-state index contributed by atoms with van der Waals surface area (Å²) in [5.74, 6) is 0.693. The van der Waals surface area contributed by atoms with Gasteiger partial charge in [-0.1, -0.05) is 0 Å². The number of aromatic nitrogens is 2. The van der Waals surface area contributed by atoms with Gasteiger partial charge in [0.05, 0.1) is 24.2 Å². The first kappa shape index (κ1) is 13.0. The molecule has 0 aliphatic heterocycles. The lowest BCUT2D eigenvalue weighted by Crippen LogP contribution is -2.12. The predicted molar refractivity (Wildman–Crippen MR) is 68.9 cm³/mol. The Hall–Kier alpha value is -1.46. The second kappa shape index (κ2) is 5.93. The first-order valence-electron chi connectivity index (χ1n) is 6.18. The summed E-state index contributed by atoms with van der Waals surface area (Å²) in [6, 6.07) is 4.67. The molecule has 0 radical (unpaired) electrons. The van der Waals surface area contributed by atoms with Crippen LogP contribution in [-0.2, 0) is 17.7 Å². The van der Waals surface area contributed by atoms with Crippen molar-refractivity contribution in [1.29, 1.82) is 0 Å². The number of imidazole rings is 1. The molecular formula is C13H18FN3O. The van der Waals surface area contributed by atoms with Crippen molar-refractivity contribution in [3.05, 3.63) is 29.8 Å². The summed E-state index contributed by atoms with van der Waals surface area (Å²) < 4.78 is 20.6. The molecule has 1 aromatic carbocycles. The Morgan fingerprint density at radius 2 is 2.22 bits per heavy atom. The van der Waals surface area contributed by atoms with E-state index < -0.39 is 0 Å². The van der Waals surface area contributed by atoms with Gasteiger partial charge in [-0.15, -0.1) is 0 Å². The Kier molecular flexibility index (Phi) is 4.28. The van der Waals surface area contributed by atoms with Crippen LogP contribution in [0.4, 0.5) is 4.39 Å². The van der Waals surface area contributed by atoms with Gasteiger partial charge < -0.3 is 15.0 Å². The van der Waals surface area contributed by atoms with Crippen LogP contribution in [0.3, 0.4) is 0 Å². The number of benzene rings is 1. The molecule has 0 amide bonds. The van der Waals surface area contributed by atoms with Gasteiger partial charge >= 0.3 is 0 Å². The molecular weight excluding hydrogens is 233 g/mol. The van der Waals surface area contributed by atoms with Gasteiger partial charge in [0.15, 0.2) is 0 Å². The fourth-order valence-corrected chi connectivity index (χ4v) is 2.04. The maximum absolute atomic E-state index is 13.2. The Morgan fingerprint density at radius 1 is 1.39 bits per heavy atom. The zero-order valence-electron chi connectivity index (χ0n) is 10.5. The van der Waals surface area contributed by atoms with Crippen LogP contribution in [0.1, 0.15) is 12.7 Å². The third-order valence-electron chi connectivity index (χ3n) is 2.84. The normalized spacial score (nSPS) is 11.3. The van der Waals surface area contributed by atoms with Gasteiger partial charge in [-0.25, -0.2) is 9.37 Å².